The summed E-state index contributed by atoms with van der Waals surface area (Å²) in [7, 11) is 0. The second kappa shape index (κ2) is 38.6. The number of ether oxygens (including phenoxy) is 1. The van der Waals surface area contributed by atoms with Gasteiger partial charge in [0.2, 0.25) is 53.2 Å². The Labute approximate surface area is 541 Å². The maximum atomic E-state index is 15.1. The summed E-state index contributed by atoms with van der Waals surface area (Å²) in [5.41, 5.74) is 12.9. The number of unbranched alkanes of at least 4 members (excludes halogenated alkanes) is 1. The van der Waals surface area contributed by atoms with E-state index in [4.69, 9.17) is 21.0 Å². The lowest BCUT2D eigenvalue weighted by Crippen LogP contribution is -2.72. The Morgan fingerprint density at radius 3 is 1.96 bits per heavy atom. The summed E-state index contributed by atoms with van der Waals surface area (Å²) in [6.07, 6.45) is 4.96. The highest BCUT2D eigenvalue weighted by Crippen LogP contribution is 2.28. The first kappa shape index (κ1) is 74.5. The van der Waals surface area contributed by atoms with Crippen molar-refractivity contribution in [3.8, 4) is 5.75 Å². The topological polar surface area (TPSA) is 451 Å². The summed E-state index contributed by atoms with van der Waals surface area (Å²) in [4.78, 5) is 162. The Morgan fingerprint density at radius 2 is 1.33 bits per heavy atom. The van der Waals surface area contributed by atoms with Gasteiger partial charge in [0.1, 0.15) is 72.9 Å². The molecular formula is C58H90N14O16S3. The fourth-order valence-corrected chi connectivity index (χ4v) is 13.1. The van der Waals surface area contributed by atoms with Gasteiger partial charge in [0, 0.05) is 36.1 Å². The van der Waals surface area contributed by atoms with Crippen molar-refractivity contribution in [1.29, 1.82) is 0 Å². The smallest absolute Gasteiger partial charge is 0.341 e. The van der Waals surface area contributed by atoms with Crippen LogP contribution >= 0.6 is 35.3 Å². The minimum absolute atomic E-state index is 0.0142. The number of aliphatic carboxylic acids is 1. The van der Waals surface area contributed by atoms with Crippen molar-refractivity contribution in [2.75, 3.05) is 56.4 Å². The summed E-state index contributed by atoms with van der Waals surface area (Å²) >= 11 is 3.84. The van der Waals surface area contributed by atoms with Gasteiger partial charge in [0.25, 0.3) is 5.91 Å². The second-order valence-electron chi connectivity index (χ2n) is 22.8. The van der Waals surface area contributed by atoms with E-state index in [-0.39, 0.29) is 80.9 Å². The minimum atomic E-state index is -1.80. The van der Waals surface area contributed by atoms with Gasteiger partial charge >= 0.3 is 11.9 Å². The molecule has 0 unspecified atom stereocenters. The fraction of sp³-hybridized carbons (Fsp3) is 0.672. The molecule has 11 atom stereocenters. The largest absolute Gasteiger partial charge is 0.747 e. The maximum Gasteiger partial charge on any atom is 0.341 e. The second-order valence-corrected chi connectivity index (χ2v) is 25.9. The third kappa shape index (κ3) is 24.1. The molecule has 15 N–H and O–H groups in total. The van der Waals surface area contributed by atoms with Crippen LogP contribution < -0.4 is 63.9 Å². The molecule has 91 heavy (non-hydrogen) atoms. The lowest BCUT2D eigenvalue weighted by atomic mass is 9.96. The number of nitrogens with one attached hydrogen (secondary N) is 9. The van der Waals surface area contributed by atoms with E-state index in [2.05, 4.69) is 47.7 Å². The van der Waals surface area contributed by atoms with Crippen LogP contribution in [0.5, 0.6) is 5.75 Å². The standard InChI is InChI=1S/C58H90N14O16S3/c1-5-33(2)47-57(85)72-20-13-16-44(72)54(82)69-48(34(3)73)55(83)66-41(49(59)77)31-90-29-35-24-36-26-37(25-35)87-21-10-6-7-11-22-88-62-28-45(74)63-38(14-8-9-18-61-58(60)70-86)50(78)67-42(32-91-30-36)56(84)71-19-12-15-43(71)53(81)64-39(17-23-89-4)51(79)65-40(27-46(75)76)52(80)68-47/h24-26,28,33-34,38-44,47-48,73H,5-23,27,29-32H2,1-4H3,(H14-,59,60,61,62,63,64,65,66,67,68,69,70,74,75,76,77,78,79,80,81,82,83,86)/t33-,34+,38-,39-,40-,41-,42-,43-,44-,47-,48-/m0/s1. The SMILES string of the molecule is CC[C@H](C)[C@@H]1NC(=O)[C@H](CC(=O)O)NC(=O)[C@H](CCSC)NC(=O)[C@@H]2CCCN2C(=O)[C@@H]2CSCc3cc(cc(c3)OCCCCCCO/N=C/C(=O)N[C@@H](CCCCN/C(N)=[NH+]/[O-])C(=O)N2)CSC[C@@H](C(N)=O)NC(=O)[C@H]([C@@H](C)O)NC(=O)[C@@H]2CCCN2C1=O. The van der Waals surface area contributed by atoms with Crippen LogP contribution in [0.25, 0.3) is 0 Å². The number of hydrogen-bond acceptors (Lipinski definition) is 19. The number of rotatable bonds is 14. The molecule has 33 heteroatoms. The van der Waals surface area contributed by atoms with Gasteiger partial charge in [0.05, 0.1) is 25.7 Å². The molecule has 4 aliphatic heterocycles. The number of amides is 10. The molecule has 0 aromatic heterocycles. The highest BCUT2D eigenvalue weighted by atomic mass is 32.2. The number of nitrogens with two attached hydrogens (primary N) is 2. The number of aliphatic hydroxyl groups is 1. The molecule has 1 aromatic carbocycles. The Bertz CT molecular complexity index is 2750. The molecule has 4 aliphatic rings. The van der Waals surface area contributed by atoms with Crippen LogP contribution in [0.15, 0.2) is 23.4 Å². The molecule has 0 aliphatic carbocycles. The molecule has 4 bridgehead atoms. The number of nitrogens with zero attached hydrogens (tertiary/aromatic N) is 3. The molecule has 10 amide bonds. The molecule has 2 saturated heterocycles. The van der Waals surface area contributed by atoms with Crippen molar-refractivity contribution in [2.24, 2.45) is 22.5 Å². The highest BCUT2D eigenvalue weighted by molar-refractivity contribution is 7.99. The van der Waals surface area contributed by atoms with E-state index in [1.54, 1.807) is 25.3 Å². The number of benzene rings is 1. The zero-order valence-electron chi connectivity index (χ0n) is 52.0. The van der Waals surface area contributed by atoms with E-state index in [0.717, 1.165) is 30.2 Å². The molecule has 506 valence electrons. The van der Waals surface area contributed by atoms with Crippen molar-refractivity contribution >= 4 is 113 Å². The number of guanidine groups is 1. The fourth-order valence-electron chi connectivity index (χ4n) is 10.6. The maximum absolute atomic E-state index is 15.1. The average molecular weight is 1340 g/mol. The van der Waals surface area contributed by atoms with E-state index in [0.29, 0.717) is 63.1 Å². The van der Waals surface area contributed by atoms with E-state index in [1.807, 2.05) is 18.2 Å². The van der Waals surface area contributed by atoms with Crippen molar-refractivity contribution in [3.05, 3.63) is 34.5 Å². The van der Waals surface area contributed by atoms with Crippen LogP contribution in [-0.4, -0.2) is 214 Å². The number of carbonyl (C=O) groups excluding carboxylic acids is 10. The summed E-state index contributed by atoms with van der Waals surface area (Å²) in [6.45, 7) is 5.52. The average Bonchev–Trinajstić information content (AvgIpc) is 1.96. The summed E-state index contributed by atoms with van der Waals surface area (Å²) in [5.74, 6) is -9.47. The van der Waals surface area contributed by atoms with E-state index in [9.17, 15) is 63.4 Å². The Hall–Kier alpha value is -7.26. The number of carbonyl (C=O) groups is 11. The molecule has 5 rings (SSSR count). The van der Waals surface area contributed by atoms with Gasteiger partial charge in [-0.15, -0.1) is 0 Å². The van der Waals surface area contributed by atoms with Crippen molar-refractivity contribution in [3.63, 3.8) is 0 Å². The predicted molar refractivity (Wildman–Crippen MR) is 341 cm³/mol. The first-order valence-corrected chi connectivity index (χ1v) is 34.5. The molecule has 1 aromatic rings. The number of hydrogen-bond donors (Lipinski definition) is 13. The van der Waals surface area contributed by atoms with Crippen LogP contribution in [0.1, 0.15) is 122 Å². The van der Waals surface area contributed by atoms with Crippen LogP contribution in [0, 0.1) is 11.1 Å². The Kier molecular flexibility index (Phi) is 31.6. The van der Waals surface area contributed by atoms with Gasteiger partial charge < -0.3 is 77.7 Å². The first-order chi connectivity index (χ1) is 43.5. The Morgan fingerprint density at radius 1 is 0.736 bits per heavy atom. The monoisotopic (exact) mass is 1330 g/mol. The normalized spacial score (nSPS) is 26.8. The predicted octanol–water partition coefficient (Wildman–Crippen LogP) is -2.71. The number of fused-ring (bicyclic) bond motifs is 7. The van der Waals surface area contributed by atoms with Crippen LogP contribution in [-0.2, 0) is 69.1 Å². The summed E-state index contributed by atoms with van der Waals surface area (Å²) in [6, 6.07) is -6.89. The highest BCUT2D eigenvalue weighted by Gasteiger charge is 2.44. The third-order valence-electron chi connectivity index (χ3n) is 15.8. The lowest BCUT2D eigenvalue weighted by Gasteiger charge is -2.33. The molecule has 0 saturated carbocycles. The van der Waals surface area contributed by atoms with Crippen molar-refractivity contribution in [2.45, 2.75) is 183 Å². The molecule has 2 fully saturated rings. The zero-order valence-corrected chi connectivity index (χ0v) is 54.4. The number of primary amides is 1. The first-order valence-electron chi connectivity index (χ1n) is 30.8. The summed E-state index contributed by atoms with van der Waals surface area (Å²) in [5, 5.41) is 58.4. The van der Waals surface area contributed by atoms with Crippen LogP contribution in [0.2, 0.25) is 0 Å². The molecule has 4 heterocycles. The Balaban J connectivity index is 1.57. The third-order valence-corrected chi connectivity index (χ3v) is 18.7. The van der Waals surface area contributed by atoms with Crippen LogP contribution in [0.3, 0.4) is 0 Å². The van der Waals surface area contributed by atoms with Gasteiger partial charge in [-0.2, -0.15) is 35.3 Å². The van der Waals surface area contributed by atoms with E-state index < -0.39 is 138 Å². The van der Waals surface area contributed by atoms with Gasteiger partial charge in [-0.1, -0.05) is 31.5 Å². The molecular weight excluding hydrogens is 1240 g/mol. The summed E-state index contributed by atoms with van der Waals surface area (Å²) < 4.78 is 6.27. The van der Waals surface area contributed by atoms with Gasteiger partial charge in [-0.3, -0.25) is 68.9 Å². The number of thioether (sulfide) groups is 3. The van der Waals surface area contributed by atoms with Crippen LogP contribution in [0.4, 0.5) is 0 Å². The number of carboxylic acid groups (broad SMARTS) is 1. The minimum Gasteiger partial charge on any atom is -0.747 e. The zero-order chi connectivity index (χ0) is 66.6. The van der Waals surface area contributed by atoms with Gasteiger partial charge in [-0.05, 0) is 125 Å². The molecule has 0 spiro atoms. The van der Waals surface area contributed by atoms with E-state index in [1.165, 1.54) is 52.0 Å². The lowest BCUT2D eigenvalue weighted by molar-refractivity contribution is -0.377. The quantitative estimate of drug-likeness (QED) is 0.0296. The number of oxime groups is 1. The molecule has 0 radical (unpaired) electrons. The number of aliphatic hydroxyl groups excluding tert-OH is 1. The van der Waals surface area contributed by atoms with Gasteiger partial charge in [0.15, 0.2) is 0 Å². The van der Waals surface area contributed by atoms with Gasteiger partial charge in [-0.25, -0.2) is 0 Å². The molecule has 30 nitrogen and oxygen atoms in total. The van der Waals surface area contributed by atoms with Crippen molar-refractivity contribution < 1.29 is 77.7 Å². The number of carboxylic acids is 1. The van der Waals surface area contributed by atoms with Crippen molar-refractivity contribution in [1.82, 2.24) is 52.3 Å². The van der Waals surface area contributed by atoms with E-state index >= 15 is 4.79 Å².